The van der Waals surface area contributed by atoms with E-state index in [-0.39, 0.29) is 0 Å². The van der Waals surface area contributed by atoms with Crippen LogP contribution in [0.2, 0.25) is 0 Å². The van der Waals surface area contributed by atoms with E-state index in [0.29, 0.717) is 22.5 Å². The zero-order valence-corrected chi connectivity index (χ0v) is 15.6. The van der Waals surface area contributed by atoms with Gasteiger partial charge >= 0.3 is 5.97 Å². The fraction of sp³-hybridized carbons (Fsp3) is 0.400. The van der Waals surface area contributed by atoms with Crippen LogP contribution in [0.15, 0.2) is 36.7 Å². The predicted molar refractivity (Wildman–Crippen MR) is 107 cm³/mol. The largest absolute Gasteiger partial charge is 0.431 e. The number of hydrogen-bond acceptors (Lipinski definition) is 7. The summed E-state index contributed by atoms with van der Waals surface area (Å²) >= 11 is 0. The minimum Gasteiger partial charge on any atom is -0.431 e. The van der Waals surface area contributed by atoms with E-state index in [9.17, 15) is 4.79 Å². The zero-order valence-electron chi connectivity index (χ0n) is 15.6. The molecule has 1 aliphatic heterocycles. The lowest BCUT2D eigenvalue weighted by molar-refractivity contribution is 0.0378. The third-order valence-corrected chi connectivity index (χ3v) is 4.52. The number of hydrogen-bond donors (Lipinski definition) is 2. The lowest BCUT2D eigenvalue weighted by Gasteiger charge is -2.26. The maximum Gasteiger partial charge on any atom is 0.346 e. The predicted octanol–water partition coefficient (Wildman–Crippen LogP) is 2.64. The Bertz CT molecular complexity index is 816. The molecule has 1 aromatic carbocycles. The summed E-state index contributed by atoms with van der Waals surface area (Å²) in [6.45, 7) is 7.03. The average molecular weight is 370 g/mol. The van der Waals surface area contributed by atoms with Crippen molar-refractivity contribution in [3.05, 3.63) is 42.3 Å². The highest BCUT2D eigenvalue weighted by Crippen LogP contribution is 2.29. The third-order valence-electron chi connectivity index (χ3n) is 4.52. The third kappa shape index (κ3) is 4.75. The van der Waals surface area contributed by atoms with Crippen LogP contribution in [0.25, 0.3) is 10.9 Å². The van der Waals surface area contributed by atoms with Crippen molar-refractivity contribution < 1.29 is 14.3 Å². The molecule has 27 heavy (non-hydrogen) atoms. The second kappa shape index (κ2) is 9.34. The van der Waals surface area contributed by atoms with Gasteiger partial charge in [-0.15, -0.1) is 0 Å². The smallest absolute Gasteiger partial charge is 0.346 e. The summed E-state index contributed by atoms with van der Waals surface area (Å²) in [6, 6.07) is 5.57. The first-order chi connectivity index (χ1) is 13.2. The number of ether oxygens (including phenoxy) is 2. The van der Waals surface area contributed by atoms with Crippen LogP contribution in [0.4, 0.5) is 11.4 Å². The Balaban J connectivity index is 1.77. The van der Waals surface area contributed by atoms with Crippen LogP contribution in [-0.4, -0.2) is 55.2 Å². The van der Waals surface area contributed by atoms with E-state index < -0.39 is 5.97 Å². The van der Waals surface area contributed by atoms with E-state index in [1.165, 1.54) is 12.5 Å². The monoisotopic (exact) mass is 370 g/mol. The molecule has 0 spiro atoms. The van der Waals surface area contributed by atoms with Crippen molar-refractivity contribution in [3.8, 4) is 0 Å². The number of anilines is 2. The first kappa shape index (κ1) is 19.1. The van der Waals surface area contributed by atoms with Crippen molar-refractivity contribution in [3.63, 3.8) is 0 Å². The summed E-state index contributed by atoms with van der Waals surface area (Å²) in [6.07, 6.45) is 5.51. The molecule has 0 aliphatic carbocycles. The van der Waals surface area contributed by atoms with Crippen LogP contribution >= 0.6 is 0 Å². The number of aromatic nitrogens is 1. The van der Waals surface area contributed by atoms with Crippen molar-refractivity contribution >= 4 is 28.2 Å². The van der Waals surface area contributed by atoms with Gasteiger partial charge in [0.15, 0.2) is 0 Å². The van der Waals surface area contributed by atoms with E-state index in [1.54, 1.807) is 19.1 Å². The summed E-state index contributed by atoms with van der Waals surface area (Å²) in [7, 11) is 0. The maximum absolute atomic E-state index is 12.4. The summed E-state index contributed by atoms with van der Waals surface area (Å²) in [5.41, 5.74) is 8.42. The van der Waals surface area contributed by atoms with Crippen molar-refractivity contribution in [2.45, 2.75) is 13.3 Å². The molecule has 0 amide bonds. The van der Waals surface area contributed by atoms with Crippen molar-refractivity contribution in [2.24, 2.45) is 0 Å². The molecule has 0 bridgehead atoms. The molecule has 0 unspecified atom stereocenters. The highest BCUT2D eigenvalue weighted by atomic mass is 16.5. The number of nitrogen functional groups attached to an aromatic ring is 1. The number of nitrogens with two attached hydrogens (primary N) is 1. The number of nitrogens with zero attached hydrogens (tertiary/aromatic N) is 2. The first-order valence-electron chi connectivity index (χ1n) is 9.24. The van der Waals surface area contributed by atoms with Crippen LogP contribution in [0.5, 0.6) is 0 Å². The van der Waals surface area contributed by atoms with Gasteiger partial charge in [0, 0.05) is 31.2 Å². The Morgan fingerprint density at radius 2 is 2.22 bits per heavy atom. The number of para-hydroxylation sites is 1. The molecule has 1 aromatic heterocycles. The Labute approximate surface area is 159 Å². The van der Waals surface area contributed by atoms with Gasteiger partial charge in [-0.05, 0) is 26.0 Å². The van der Waals surface area contributed by atoms with Gasteiger partial charge in [0.25, 0.3) is 0 Å². The van der Waals surface area contributed by atoms with Gasteiger partial charge in [-0.2, -0.15) is 0 Å². The molecule has 2 aromatic rings. The van der Waals surface area contributed by atoms with Crippen LogP contribution in [0.1, 0.15) is 23.7 Å². The van der Waals surface area contributed by atoms with Crippen molar-refractivity contribution in [2.75, 3.05) is 50.4 Å². The summed E-state index contributed by atoms with van der Waals surface area (Å²) < 4.78 is 10.5. The van der Waals surface area contributed by atoms with E-state index in [4.69, 9.17) is 15.2 Å². The number of fused-ring (bicyclic) bond motifs is 1. The van der Waals surface area contributed by atoms with E-state index in [0.717, 1.165) is 51.2 Å². The Morgan fingerprint density at radius 1 is 1.41 bits per heavy atom. The number of rotatable bonds is 7. The molecule has 0 saturated carbocycles. The van der Waals surface area contributed by atoms with Crippen molar-refractivity contribution in [1.82, 2.24) is 9.88 Å². The minimum absolute atomic E-state index is 0.401. The highest BCUT2D eigenvalue weighted by molar-refractivity contribution is 6.07. The molecule has 7 heteroatoms. The fourth-order valence-corrected chi connectivity index (χ4v) is 3.13. The maximum atomic E-state index is 12.4. The molecule has 0 atom stereocenters. The highest BCUT2D eigenvalue weighted by Gasteiger charge is 2.17. The van der Waals surface area contributed by atoms with E-state index in [1.807, 2.05) is 12.1 Å². The Kier molecular flexibility index (Phi) is 6.62. The molecule has 2 heterocycles. The zero-order chi connectivity index (χ0) is 19.1. The molecular formula is C20H26N4O3. The molecular weight excluding hydrogens is 344 g/mol. The number of pyridine rings is 1. The Morgan fingerprint density at radius 3 is 3.00 bits per heavy atom. The molecule has 0 radical (unpaired) electrons. The summed E-state index contributed by atoms with van der Waals surface area (Å²) in [4.78, 5) is 19.2. The van der Waals surface area contributed by atoms with E-state index >= 15 is 0 Å². The Hall–Kier alpha value is -2.64. The van der Waals surface area contributed by atoms with Gasteiger partial charge in [0.05, 0.1) is 36.4 Å². The van der Waals surface area contributed by atoms with E-state index in [2.05, 4.69) is 15.2 Å². The van der Waals surface area contributed by atoms with Gasteiger partial charge in [-0.1, -0.05) is 18.2 Å². The first-order valence-corrected chi connectivity index (χ1v) is 9.24. The lowest BCUT2D eigenvalue weighted by atomic mass is 10.1. The van der Waals surface area contributed by atoms with Crippen LogP contribution in [0, 0.1) is 0 Å². The normalized spacial score (nSPS) is 15.3. The van der Waals surface area contributed by atoms with Crippen molar-refractivity contribution in [1.29, 1.82) is 0 Å². The number of carbonyl (C=O) groups is 1. The number of carbonyl (C=O) groups excluding carboxylic acids is 1. The SMILES string of the molecule is C/C=C\OC(=O)c1cnc2c(N)cccc2c1NCCCN1CCOCC1. The topological polar surface area (TPSA) is 89.7 Å². The number of nitrogens with one attached hydrogen (secondary N) is 1. The number of morpholine rings is 1. The summed E-state index contributed by atoms with van der Waals surface area (Å²) in [5, 5.41) is 4.22. The number of esters is 1. The molecule has 1 aliphatic rings. The molecule has 7 nitrogen and oxygen atoms in total. The van der Waals surface area contributed by atoms with Gasteiger partial charge in [0.2, 0.25) is 0 Å². The lowest BCUT2D eigenvalue weighted by Crippen LogP contribution is -2.37. The summed E-state index contributed by atoms with van der Waals surface area (Å²) in [5.74, 6) is -0.444. The standard InChI is InChI=1S/C20H26N4O3/c1-2-11-27-20(25)16-14-23-19-15(5-3-6-17(19)21)18(16)22-7-4-8-24-9-12-26-13-10-24/h2-3,5-6,11,14H,4,7-10,12-13,21H2,1H3,(H,22,23)/b11-2-. The number of benzene rings is 1. The van der Waals surface area contributed by atoms with Crippen LogP contribution in [0.3, 0.4) is 0 Å². The minimum atomic E-state index is -0.444. The molecule has 3 rings (SSSR count). The fourth-order valence-electron chi connectivity index (χ4n) is 3.13. The van der Waals surface area contributed by atoms with Gasteiger partial charge in [-0.3, -0.25) is 9.88 Å². The average Bonchev–Trinajstić information content (AvgIpc) is 2.70. The second-order valence-corrected chi connectivity index (χ2v) is 6.40. The van der Waals surface area contributed by atoms with Gasteiger partial charge in [0.1, 0.15) is 5.56 Å². The molecule has 1 fully saturated rings. The van der Waals surface area contributed by atoms with Gasteiger partial charge < -0.3 is 20.5 Å². The number of allylic oxidation sites excluding steroid dienone is 1. The van der Waals surface area contributed by atoms with Crippen LogP contribution < -0.4 is 11.1 Å². The quantitative estimate of drug-likeness (QED) is 0.335. The molecule has 1 saturated heterocycles. The molecule has 3 N–H and O–H groups in total. The molecule has 144 valence electrons. The second-order valence-electron chi connectivity index (χ2n) is 6.40. The van der Waals surface area contributed by atoms with Gasteiger partial charge in [-0.25, -0.2) is 4.79 Å². The van der Waals surface area contributed by atoms with Crippen LogP contribution in [-0.2, 0) is 9.47 Å².